The Labute approximate surface area is 125 Å². The molecule has 2 aromatic rings. The normalized spacial score (nSPS) is 14.9. The average Bonchev–Trinajstić information content (AvgIpc) is 3.00. The molecule has 112 valence electrons. The molecule has 0 unspecified atom stereocenters. The number of nitrogens with one attached hydrogen (secondary N) is 1. The standard InChI is InChI=1S/C16H20N2O2S/c19-21(20,17-9-12-18-10-3-4-11-18)16-8-7-14-5-1-2-6-15(14)13-16/h3-4,7-8,10-11,13,17H,1-2,5-6,9,12H2. The Hall–Kier alpha value is -1.59. The Morgan fingerprint density at radius 2 is 1.76 bits per heavy atom. The molecule has 1 heterocycles. The zero-order valence-electron chi connectivity index (χ0n) is 12.0. The quantitative estimate of drug-likeness (QED) is 0.922. The molecule has 0 saturated heterocycles. The number of sulfonamides is 1. The van der Waals surface area contributed by atoms with Crippen LogP contribution in [0.25, 0.3) is 0 Å². The van der Waals surface area contributed by atoms with Crippen LogP contribution in [0.2, 0.25) is 0 Å². The summed E-state index contributed by atoms with van der Waals surface area (Å²) in [4.78, 5) is 0.385. The number of aryl methyl sites for hydroxylation is 2. The van der Waals surface area contributed by atoms with Crippen molar-refractivity contribution in [2.75, 3.05) is 6.54 Å². The van der Waals surface area contributed by atoms with Gasteiger partial charge in [0, 0.05) is 25.5 Å². The van der Waals surface area contributed by atoms with Gasteiger partial charge in [0.2, 0.25) is 10.0 Å². The fraction of sp³-hybridized carbons (Fsp3) is 0.375. The molecule has 5 heteroatoms. The lowest BCUT2D eigenvalue weighted by molar-refractivity contribution is 0.572. The summed E-state index contributed by atoms with van der Waals surface area (Å²) in [7, 11) is -3.41. The van der Waals surface area contributed by atoms with Gasteiger partial charge in [0.15, 0.2) is 0 Å². The second-order valence-corrected chi connectivity index (χ2v) is 7.22. The van der Waals surface area contributed by atoms with Crippen LogP contribution in [-0.2, 0) is 29.4 Å². The van der Waals surface area contributed by atoms with Crippen molar-refractivity contribution in [3.63, 3.8) is 0 Å². The topological polar surface area (TPSA) is 51.1 Å². The highest BCUT2D eigenvalue weighted by Gasteiger charge is 2.17. The number of hydrogen-bond donors (Lipinski definition) is 1. The van der Waals surface area contributed by atoms with Gasteiger partial charge in [-0.2, -0.15) is 0 Å². The van der Waals surface area contributed by atoms with Crippen LogP contribution < -0.4 is 4.72 Å². The van der Waals surface area contributed by atoms with Crippen molar-refractivity contribution in [1.29, 1.82) is 0 Å². The fourth-order valence-electron chi connectivity index (χ4n) is 2.79. The summed E-state index contributed by atoms with van der Waals surface area (Å²) in [6, 6.07) is 9.39. The van der Waals surface area contributed by atoms with Crippen LogP contribution in [0.5, 0.6) is 0 Å². The molecule has 21 heavy (non-hydrogen) atoms. The third kappa shape index (κ3) is 3.36. The first-order valence-corrected chi connectivity index (χ1v) is 8.86. The Bertz CT molecular complexity index is 706. The molecule has 1 N–H and O–H groups in total. The van der Waals surface area contributed by atoms with E-state index >= 15 is 0 Å². The van der Waals surface area contributed by atoms with Crippen LogP contribution in [0.1, 0.15) is 24.0 Å². The van der Waals surface area contributed by atoms with Gasteiger partial charge in [0.05, 0.1) is 4.90 Å². The van der Waals surface area contributed by atoms with E-state index in [4.69, 9.17) is 0 Å². The molecular weight excluding hydrogens is 284 g/mol. The van der Waals surface area contributed by atoms with Crippen LogP contribution in [-0.4, -0.2) is 19.5 Å². The highest BCUT2D eigenvalue weighted by Crippen LogP contribution is 2.23. The summed E-state index contributed by atoms with van der Waals surface area (Å²) < 4.78 is 29.3. The number of nitrogens with zero attached hydrogens (tertiary/aromatic N) is 1. The van der Waals surface area contributed by atoms with Crippen molar-refractivity contribution in [3.05, 3.63) is 53.9 Å². The molecule has 1 aliphatic rings. The summed E-state index contributed by atoms with van der Waals surface area (Å²) in [6.07, 6.45) is 8.25. The minimum absolute atomic E-state index is 0.385. The van der Waals surface area contributed by atoms with Crippen molar-refractivity contribution < 1.29 is 8.42 Å². The lowest BCUT2D eigenvalue weighted by Gasteiger charge is -2.16. The highest BCUT2D eigenvalue weighted by molar-refractivity contribution is 7.89. The molecule has 1 aromatic heterocycles. The number of aromatic nitrogens is 1. The van der Waals surface area contributed by atoms with E-state index in [1.165, 1.54) is 17.5 Å². The predicted molar refractivity (Wildman–Crippen MR) is 82.7 cm³/mol. The molecule has 0 spiro atoms. The van der Waals surface area contributed by atoms with Crippen molar-refractivity contribution in [2.24, 2.45) is 0 Å². The minimum atomic E-state index is -3.41. The lowest BCUT2D eigenvalue weighted by Crippen LogP contribution is -2.27. The zero-order chi connectivity index (χ0) is 14.7. The van der Waals surface area contributed by atoms with E-state index < -0.39 is 10.0 Å². The summed E-state index contributed by atoms with van der Waals surface area (Å²) >= 11 is 0. The van der Waals surface area contributed by atoms with Gasteiger partial charge in [-0.25, -0.2) is 13.1 Å². The van der Waals surface area contributed by atoms with Gasteiger partial charge < -0.3 is 4.57 Å². The smallest absolute Gasteiger partial charge is 0.240 e. The zero-order valence-corrected chi connectivity index (χ0v) is 12.8. The molecule has 4 nitrogen and oxygen atoms in total. The van der Waals surface area contributed by atoms with Crippen molar-refractivity contribution in [3.8, 4) is 0 Å². The molecule has 0 radical (unpaired) electrons. The van der Waals surface area contributed by atoms with E-state index in [-0.39, 0.29) is 0 Å². The van der Waals surface area contributed by atoms with E-state index in [9.17, 15) is 8.42 Å². The summed E-state index contributed by atoms with van der Waals surface area (Å²) in [5, 5.41) is 0. The van der Waals surface area contributed by atoms with E-state index in [1.807, 2.05) is 41.2 Å². The molecule has 0 bridgehead atoms. The van der Waals surface area contributed by atoms with Crippen molar-refractivity contribution in [2.45, 2.75) is 37.1 Å². The Kier molecular flexibility index (Phi) is 4.12. The summed E-state index contributed by atoms with van der Waals surface area (Å²) in [5.74, 6) is 0. The van der Waals surface area contributed by atoms with Crippen LogP contribution in [0.15, 0.2) is 47.6 Å². The van der Waals surface area contributed by atoms with E-state index in [2.05, 4.69) is 4.72 Å². The molecule has 3 rings (SSSR count). The first-order valence-electron chi connectivity index (χ1n) is 7.37. The highest BCUT2D eigenvalue weighted by atomic mass is 32.2. The van der Waals surface area contributed by atoms with E-state index in [1.54, 1.807) is 6.07 Å². The molecule has 0 saturated carbocycles. The average molecular weight is 304 g/mol. The van der Waals surface area contributed by atoms with Gasteiger partial charge in [0.25, 0.3) is 0 Å². The van der Waals surface area contributed by atoms with Gasteiger partial charge >= 0.3 is 0 Å². The maximum absolute atomic E-state index is 12.3. The van der Waals surface area contributed by atoms with Crippen molar-refractivity contribution >= 4 is 10.0 Å². The molecule has 0 aliphatic heterocycles. The Morgan fingerprint density at radius 1 is 1.05 bits per heavy atom. The van der Waals surface area contributed by atoms with Gasteiger partial charge in [-0.05, 0) is 61.1 Å². The Morgan fingerprint density at radius 3 is 2.52 bits per heavy atom. The fourth-order valence-corrected chi connectivity index (χ4v) is 3.86. The van der Waals surface area contributed by atoms with Gasteiger partial charge in [0.1, 0.15) is 0 Å². The number of fused-ring (bicyclic) bond motifs is 1. The summed E-state index contributed by atoms with van der Waals surface area (Å²) in [6.45, 7) is 1.03. The monoisotopic (exact) mass is 304 g/mol. The predicted octanol–water partition coefficient (Wildman–Crippen LogP) is 2.35. The van der Waals surface area contributed by atoms with Crippen LogP contribution in [0.3, 0.4) is 0 Å². The maximum atomic E-state index is 12.3. The number of rotatable bonds is 5. The van der Waals surface area contributed by atoms with Crippen LogP contribution >= 0.6 is 0 Å². The first-order chi connectivity index (χ1) is 10.1. The summed E-state index contributed by atoms with van der Waals surface area (Å²) in [5.41, 5.74) is 2.49. The number of benzene rings is 1. The van der Waals surface area contributed by atoms with Gasteiger partial charge in [-0.1, -0.05) is 6.07 Å². The number of hydrogen-bond acceptors (Lipinski definition) is 2. The van der Waals surface area contributed by atoms with Crippen LogP contribution in [0.4, 0.5) is 0 Å². The van der Waals surface area contributed by atoms with Crippen molar-refractivity contribution in [1.82, 2.24) is 9.29 Å². The SMILES string of the molecule is O=S(=O)(NCCn1cccc1)c1ccc2c(c1)CCCC2. The third-order valence-corrected chi connectivity index (χ3v) is 5.42. The second-order valence-electron chi connectivity index (χ2n) is 5.46. The molecule has 1 aliphatic carbocycles. The first kappa shape index (κ1) is 14.4. The van der Waals surface area contributed by atoms with E-state index in [0.29, 0.717) is 18.0 Å². The van der Waals surface area contributed by atoms with E-state index in [0.717, 1.165) is 19.3 Å². The van der Waals surface area contributed by atoms with Crippen LogP contribution in [0, 0.1) is 0 Å². The molecule has 0 fully saturated rings. The lowest BCUT2D eigenvalue weighted by atomic mass is 9.92. The molecule has 1 aromatic carbocycles. The molecular formula is C16H20N2O2S. The third-order valence-electron chi connectivity index (χ3n) is 3.96. The second kappa shape index (κ2) is 6.03. The van der Waals surface area contributed by atoms with Gasteiger partial charge in [-0.15, -0.1) is 0 Å². The maximum Gasteiger partial charge on any atom is 0.240 e. The molecule has 0 atom stereocenters. The minimum Gasteiger partial charge on any atom is -0.353 e. The molecule has 0 amide bonds. The largest absolute Gasteiger partial charge is 0.353 e. The Balaban J connectivity index is 1.69. The van der Waals surface area contributed by atoms with Gasteiger partial charge in [-0.3, -0.25) is 0 Å².